The number of carbonyl (C=O) groups is 1. The predicted molar refractivity (Wildman–Crippen MR) is 118 cm³/mol. The van der Waals surface area contributed by atoms with Crippen molar-refractivity contribution in [1.29, 1.82) is 0 Å². The average Bonchev–Trinajstić information content (AvgIpc) is 3.14. The van der Waals surface area contributed by atoms with Crippen LogP contribution < -0.4 is 5.32 Å². The van der Waals surface area contributed by atoms with E-state index in [-0.39, 0.29) is 5.91 Å². The highest BCUT2D eigenvalue weighted by molar-refractivity contribution is 6.01. The zero-order chi connectivity index (χ0) is 20.4. The number of allylic oxidation sites excluding steroid dienone is 9. The summed E-state index contributed by atoms with van der Waals surface area (Å²) >= 11 is 0. The lowest BCUT2D eigenvalue weighted by Crippen LogP contribution is -2.22. The van der Waals surface area contributed by atoms with Gasteiger partial charge in [-0.1, -0.05) is 67.8 Å². The number of rotatable bonds is 8. The zero-order valence-corrected chi connectivity index (χ0v) is 16.3. The molecule has 0 aliphatic heterocycles. The van der Waals surface area contributed by atoms with Crippen LogP contribution in [0.5, 0.6) is 0 Å². The minimum atomic E-state index is -0.241. The summed E-state index contributed by atoms with van der Waals surface area (Å²) in [5.74, 6) is -0.241. The Morgan fingerprint density at radius 1 is 1.04 bits per heavy atom. The van der Waals surface area contributed by atoms with Gasteiger partial charge in [0.15, 0.2) is 0 Å². The van der Waals surface area contributed by atoms with E-state index in [9.17, 15) is 4.79 Å². The second-order valence-corrected chi connectivity index (χ2v) is 5.84. The fourth-order valence-electron chi connectivity index (χ4n) is 2.63. The molecule has 0 saturated heterocycles. The molecular formula is C24H25N3O. The third-order valence-corrected chi connectivity index (χ3v) is 3.80. The van der Waals surface area contributed by atoms with Crippen LogP contribution in [-0.4, -0.2) is 15.7 Å². The van der Waals surface area contributed by atoms with E-state index in [4.69, 9.17) is 0 Å². The van der Waals surface area contributed by atoms with Crippen molar-refractivity contribution >= 4 is 11.6 Å². The van der Waals surface area contributed by atoms with E-state index < -0.39 is 0 Å². The van der Waals surface area contributed by atoms with Crippen LogP contribution in [0, 0.1) is 0 Å². The van der Waals surface area contributed by atoms with Crippen molar-refractivity contribution in [2.24, 2.45) is 0 Å². The van der Waals surface area contributed by atoms with Gasteiger partial charge >= 0.3 is 0 Å². The largest absolute Gasteiger partial charge is 0.322 e. The number of hydrogen-bond acceptors (Lipinski definition) is 2. The summed E-state index contributed by atoms with van der Waals surface area (Å²) in [4.78, 5) is 13.0. The highest BCUT2D eigenvalue weighted by Gasteiger charge is 2.19. The number of benzene rings is 1. The summed E-state index contributed by atoms with van der Waals surface area (Å²) in [6, 6.07) is 9.64. The van der Waals surface area contributed by atoms with Gasteiger partial charge in [0.05, 0.1) is 11.3 Å². The van der Waals surface area contributed by atoms with Gasteiger partial charge in [-0.25, -0.2) is 4.68 Å². The molecule has 28 heavy (non-hydrogen) atoms. The minimum Gasteiger partial charge on any atom is -0.322 e. The van der Waals surface area contributed by atoms with Gasteiger partial charge in [-0.2, -0.15) is 5.10 Å². The highest BCUT2D eigenvalue weighted by Crippen LogP contribution is 2.24. The monoisotopic (exact) mass is 371 g/mol. The van der Waals surface area contributed by atoms with Gasteiger partial charge in [-0.3, -0.25) is 4.79 Å². The molecule has 2 rings (SSSR count). The third-order valence-electron chi connectivity index (χ3n) is 3.80. The minimum absolute atomic E-state index is 0.241. The summed E-state index contributed by atoms with van der Waals surface area (Å²) in [5.41, 5.74) is 3.42. The van der Waals surface area contributed by atoms with Gasteiger partial charge in [-0.15, -0.1) is 0 Å². The lowest BCUT2D eigenvalue weighted by Gasteiger charge is -2.06. The van der Waals surface area contributed by atoms with Crippen molar-refractivity contribution in [1.82, 2.24) is 15.1 Å². The van der Waals surface area contributed by atoms with Crippen LogP contribution in [0.1, 0.15) is 24.2 Å². The summed E-state index contributed by atoms with van der Waals surface area (Å²) < 4.78 is 1.69. The summed E-state index contributed by atoms with van der Waals surface area (Å²) in [6.07, 6.45) is 16.1. The Bertz CT molecular complexity index is 957. The lowest BCUT2D eigenvalue weighted by atomic mass is 10.1. The van der Waals surface area contributed by atoms with Crippen LogP contribution in [0.3, 0.4) is 0 Å². The lowest BCUT2D eigenvalue weighted by molar-refractivity contribution is 0.0968. The maximum atomic E-state index is 13.0. The molecule has 0 radical (unpaired) electrons. The van der Waals surface area contributed by atoms with Crippen molar-refractivity contribution in [2.75, 3.05) is 0 Å². The van der Waals surface area contributed by atoms with Gasteiger partial charge in [0.2, 0.25) is 0 Å². The second kappa shape index (κ2) is 10.5. The topological polar surface area (TPSA) is 46.9 Å². The summed E-state index contributed by atoms with van der Waals surface area (Å²) in [7, 11) is 0. The van der Waals surface area contributed by atoms with Crippen LogP contribution in [0.4, 0.5) is 0 Å². The van der Waals surface area contributed by atoms with Gasteiger partial charge in [0, 0.05) is 17.5 Å². The molecule has 0 spiro atoms. The van der Waals surface area contributed by atoms with E-state index in [0.717, 1.165) is 11.3 Å². The standard InChI is InChI=1S/C24H25N3O/c1-5-12-20(13-6-2)25-24(28)22-18-27(21(14-7-3)15-8-4)26-23(22)19-16-10-9-11-17-19/h5-18H,1,3H2,2,4H3,(H,25,28)/b13-6-,15-8-,20-12+,21-14+. The van der Waals surface area contributed by atoms with Crippen molar-refractivity contribution < 1.29 is 4.79 Å². The van der Waals surface area contributed by atoms with Crippen LogP contribution >= 0.6 is 0 Å². The fraction of sp³-hybridized carbons (Fsp3) is 0.0833. The van der Waals surface area contributed by atoms with Crippen molar-refractivity contribution in [3.05, 3.63) is 110 Å². The van der Waals surface area contributed by atoms with Gasteiger partial charge < -0.3 is 5.32 Å². The van der Waals surface area contributed by atoms with Crippen LogP contribution in [0.15, 0.2) is 104 Å². The third kappa shape index (κ3) is 5.17. The molecule has 0 aliphatic carbocycles. The summed E-state index contributed by atoms with van der Waals surface area (Å²) in [5, 5.41) is 7.58. The molecule has 1 N–H and O–H groups in total. The van der Waals surface area contributed by atoms with Crippen LogP contribution in [0.2, 0.25) is 0 Å². The molecule has 2 aromatic rings. The first-order chi connectivity index (χ1) is 13.6. The molecule has 4 heteroatoms. The second-order valence-electron chi connectivity index (χ2n) is 5.84. The van der Waals surface area contributed by atoms with E-state index in [1.807, 2.05) is 74.6 Å². The predicted octanol–water partition coefficient (Wildman–Crippen LogP) is 5.53. The van der Waals surface area contributed by atoms with Gasteiger partial charge in [-0.05, 0) is 38.2 Å². The van der Waals surface area contributed by atoms with E-state index in [1.54, 1.807) is 29.1 Å². The number of nitrogens with one attached hydrogen (secondary N) is 1. The molecule has 0 atom stereocenters. The molecular weight excluding hydrogens is 346 g/mol. The molecule has 0 bridgehead atoms. The highest BCUT2D eigenvalue weighted by atomic mass is 16.1. The molecule has 0 aliphatic rings. The maximum Gasteiger partial charge on any atom is 0.259 e. The molecule has 1 amide bonds. The normalized spacial score (nSPS) is 12.5. The maximum absolute atomic E-state index is 13.0. The molecule has 0 unspecified atom stereocenters. The Hall–Kier alpha value is -3.66. The number of carbonyl (C=O) groups excluding carboxylic acids is 1. The van der Waals surface area contributed by atoms with Crippen molar-refractivity contribution in [3.63, 3.8) is 0 Å². The van der Waals surface area contributed by atoms with E-state index in [0.29, 0.717) is 17.0 Å². The Morgan fingerprint density at radius 3 is 2.32 bits per heavy atom. The molecule has 1 aromatic carbocycles. The van der Waals surface area contributed by atoms with E-state index in [1.165, 1.54) is 0 Å². The Labute approximate surface area is 166 Å². The fourth-order valence-corrected chi connectivity index (χ4v) is 2.63. The molecule has 0 saturated carbocycles. The van der Waals surface area contributed by atoms with Crippen molar-refractivity contribution in [3.8, 4) is 11.3 Å². The number of hydrogen-bond donors (Lipinski definition) is 1. The number of nitrogens with zero attached hydrogens (tertiary/aromatic N) is 2. The Kier molecular flexibility index (Phi) is 7.73. The zero-order valence-electron chi connectivity index (χ0n) is 16.3. The molecule has 1 heterocycles. The molecule has 0 fully saturated rings. The molecule has 142 valence electrons. The molecule has 1 aromatic heterocycles. The quantitative estimate of drug-likeness (QED) is 0.620. The first kappa shape index (κ1) is 20.6. The van der Waals surface area contributed by atoms with Crippen molar-refractivity contribution in [2.45, 2.75) is 13.8 Å². The van der Waals surface area contributed by atoms with Crippen LogP contribution in [0.25, 0.3) is 17.0 Å². The van der Waals surface area contributed by atoms with Gasteiger partial charge in [0.1, 0.15) is 5.69 Å². The molecule has 4 nitrogen and oxygen atoms in total. The van der Waals surface area contributed by atoms with E-state index >= 15 is 0 Å². The number of amides is 1. The van der Waals surface area contributed by atoms with E-state index in [2.05, 4.69) is 23.6 Å². The van der Waals surface area contributed by atoms with Gasteiger partial charge in [0.25, 0.3) is 5.91 Å². The first-order valence-electron chi connectivity index (χ1n) is 9.02. The Morgan fingerprint density at radius 2 is 1.71 bits per heavy atom. The smallest absolute Gasteiger partial charge is 0.259 e. The first-order valence-corrected chi connectivity index (χ1v) is 9.02. The Balaban J connectivity index is 2.56. The average molecular weight is 371 g/mol. The SMILES string of the molecule is C=C/C=C(\C=C/C)NC(=O)c1cn(C(/C=C\C)=C/C=C)nc1-c1ccccc1. The number of aromatic nitrogens is 2. The summed E-state index contributed by atoms with van der Waals surface area (Å²) in [6.45, 7) is 11.3. The van der Waals surface area contributed by atoms with Crippen LogP contribution in [-0.2, 0) is 0 Å².